The molecule has 1 amide bonds. The van der Waals surface area contributed by atoms with E-state index in [2.05, 4.69) is 11.9 Å². The molecule has 2 aromatic carbocycles. The third-order valence-corrected chi connectivity index (χ3v) is 6.79. The van der Waals surface area contributed by atoms with Crippen LogP contribution in [-0.2, 0) is 24.4 Å². The molecule has 1 fully saturated rings. The van der Waals surface area contributed by atoms with Crippen molar-refractivity contribution < 1.29 is 4.79 Å². The Morgan fingerprint density at radius 2 is 1.49 bits per heavy atom. The number of rotatable bonds is 6. The van der Waals surface area contributed by atoms with Crippen LogP contribution in [0.4, 0.5) is 0 Å². The number of aromatic nitrogens is 4. The van der Waals surface area contributed by atoms with Crippen LogP contribution >= 0.6 is 0 Å². The Hall–Kier alpha value is -3.94. The summed E-state index contributed by atoms with van der Waals surface area (Å²) in [6.45, 7) is 3.91. The summed E-state index contributed by atoms with van der Waals surface area (Å²) < 4.78 is 4.34. The predicted molar refractivity (Wildman–Crippen MR) is 134 cm³/mol. The van der Waals surface area contributed by atoms with Gasteiger partial charge in [-0.05, 0) is 29.9 Å². The Morgan fingerprint density at radius 1 is 0.886 bits per heavy atom. The fraction of sp³-hybridized carbons (Fsp3) is 0.333. The monoisotopic (exact) mass is 471 g/mol. The van der Waals surface area contributed by atoms with Gasteiger partial charge in [-0.25, -0.2) is 14.3 Å². The van der Waals surface area contributed by atoms with Crippen LogP contribution in [0.2, 0.25) is 0 Å². The van der Waals surface area contributed by atoms with E-state index < -0.39 is 11.2 Å². The number of carbonyl (C=O) groups is 1. The minimum Gasteiger partial charge on any atom is -0.341 e. The summed E-state index contributed by atoms with van der Waals surface area (Å²) in [5.41, 5.74) is 1.57. The lowest BCUT2D eigenvalue weighted by Gasteiger charge is -2.30. The highest BCUT2D eigenvalue weighted by molar-refractivity contribution is 5.77. The summed E-state index contributed by atoms with van der Waals surface area (Å²) in [6.07, 6.45) is 3.46. The Balaban J connectivity index is 1.59. The molecule has 0 unspecified atom stereocenters. The van der Waals surface area contributed by atoms with Gasteiger partial charge in [0.05, 0.1) is 12.9 Å². The number of hydrogen-bond donors (Lipinski definition) is 0. The second-order valence-electron chi connectivity index (χ2n) is 9.34. The molecule has 180 valence electrons. The van der Waals surface area contributed by atoms with Gasteiger partial charge >= 0.3 is 5.69 Å². The molecule has 0 bridgehead atoms. The first-order chi connectivity index (χ1) is 17.0. The first-order valence-electron chi connectivity index (χ1n) is 12.1. The minimum atomic E-state index is -0.518. The van der Waals surface area contributed by atoms with Crippen molar-refractivity contribution in [3.63, 3.8) is 0 Å². The molecule has 3 heterocycles. The van der Waals surface area contributed by atoms with E-state index in [0.717, 1.165) is 28.5 Å². The summed E-state index contributed by atoms with van der Waals surface area (Å²) in [6, 6.07) is 19.3. The second kappa shape index (κ2) is 9.74. The Kier molecular flexibility index (Phi) is 6.35. The molecule has 0 N–H and O–H groups in total. The standard InChI is InChI=1S/C27H29N5O3/c1-20-12-14-29(15-13-20)23(33)18-32-26(34)24-25(28-19-30(24)16-21-8-4-2-5-9-21)31(27(32)35)17-22-10-6-3-7-11-22/h2-11,19-20H,12-18H2,1H3. The second-order valence-corrected chi connectivity index (χ2v) is 9.34. The highest BCUT2D eigenvalue weighted by Crippen LogP contribution is 2.16. The van der Waals surface area contributed by atoms with Crippen LogP contribution in [0.15, 0.2) is 76.6 Å². The smallest absolute Gasteiger partial charge is 0.333 e. The molecule has 2 aromatic heterocycles. The lowest BCUT2D eigenvalue weighted by Crippen LogP contribution is -2.46. The fourth-order valence-corrected chi connectivity index (χ4v) is 4.68. The van der Waals surface area contributed by atoms with E-state index in [-0.39, 0.29) is 19.0 Å². The van der Waals surface area contributed by atoms with E-state index in [0.29, 0.717) is 36.7 Å². The van der Waals surface area contributed by atoms with Crippen molar-refractivity contribution in [3.05, 3.63) is 99.0 Å². The van der Waals surface area contributed by atoms with Gasteiger partial charge in [0.2, 0.25) is 5.91 Å². The van der Waals surface area contributed by atoms with Crippen molar-refractivity contribution in [1.82, 2.24) is 23.6 Å². The molecule has 1 aliphatic rings. The number of carbonyl (C=O) groups excluding carboxylic acids is 1. The molecule has 4 aromatic rings. The summed E-state index contributed by atoms with van der Waals surface area (Å²) in [4.78, 5) is 46.5. The van der Waals surface area contributed by atoms with E-state index in [4.69, 9.17) is 0 Å². The number of benzene rings is 2. The number of amides is 1. The summed E-state index contributed by atoms with van der Waals surface area (Å²) in [5, 5.41) is 0. The molecule has 0 aliphatic carbocycles. The summed E-state index contributed by atoms with van der Waals surface area (Å²) in [7, 11) is 0. The lowest BCUT2D eigenvalue weighted by atomic mass is 9.99. The van der Waals surface area contributed by atoms with Crippen LogP contribution < -0.4 is 11.2 Å². The Morgan fingerprint density at radius 3 is 2.11 bits per heavy atom. The molecule has 1 saturated heterocycles. The molecule has 0 atom stereocenters. The van der Waals surface area contributed by atoms with E-state index in [9.17, 15) is 14.4 Å². The molecular formula is C27H29N5O3. The van der Waals surface area contributed by atoms with Gasteiger partial charge in [0.25, 0.3) is 5.56 Å². The zero-order valence-electron chi connectivity index (χ0n) is 19.8. The molecule has 8 nitrogen and oxygen atoms in total. The fourth-order valence-electron chi connectivity index (χ4n) is 4.68. The normalized spacial score (nSPS) is 14.5. The first-order valence-corrected chi connectivity index (χ1v) is 12.1. The van der Waals surface area contributed by atoms with Gasteiger partial charge in [0, 0.05) is 19.6 Å². The molecule has 5 rings (SSSR count). The van der Waals surface area contributed by atoms with Gasteiger partial charge in [-0.2, -0.15) is 0 Å². The van der Waals surface area contributed by atoms with Crippen molar-refractivity contribution in [3.8, 4) is 0 Å². The van der Waals surface area contributed by atoms with Crippen molar-refractivity contribution in [2.75, 3.05) is 13.1 Å². The van der Waals surface area contributed by atoms with E-state index in [1.54, 1.807) is 15.8 Å². The van der Waals surface area contributed by atoms with E-state index in [1.807, 2.05) is 60.7 Å². The third-order valence-electron chi connectivity index (χ3n) is 6.79. The van der Waals surface area contributed by atoms with Crippen LogP contribution in [0.25, 0.3) is 11.2 Å². The maximum atomic E-state index is 13.6. The number of fused-ring (bicyclic) bond motifs is 1. The van der Waals surface area contributed by atoms with Crippen LogP contribution in [0, 0.1) is 5.92 Å². The Labute approximate surface area is 203 Å². The maximum Gasteiger partial charge on any atom is 0.333 e. The highest BCUT2D eigenvalue weighted by Gasteiger charge is 2.24. The first kappa shape index (κ1) is 22.8. The van der Waals surface area contributed by atoms with Gasteiger partial charge < -0.3 is 9.47 Å². The van der Waals surface area contributed by atoms with Crippen molar-refractivity contribution in [2.24, 2.45) is 5.92 Å². The van der Waals surface area contributed by atoms with Gasteiger partial charge in [-0.15, -0.1) is 0 Å². The average molecular weight is 472 g/mol. The lowest BCUT2D eigenvalue weighted by molar-refractivity contribution is -0.133. The number of likely N-dealkylation sites (tertiary alicyclic amines) is 1. The van der Waals surface area contributed by atoms with Crippen LogP contribution in [0.3, 0.4) is 0 Å². The predicted octanol–water partition coefficient (Wildman–Crippen LogP) is 2.71. The quantitative estimate of drug-likeness (QED) is 0.433. The van der Waals surface area contributed by atoms with E-state index >= 15 is 0 Å². The topological polar surface area (TPSA) is 82.1 Å². The van der Waals surface area contributed by atoms with Crippen LogP contribution in [-0.4, -0.2) is 42.6 Å². The number of piperidine rings is 1. The Bertz CT molecular complexity index is 1450. The third kappa shape index (κ3) is 4.69. The summed E-state index contributed by atoms with van der Waals surface area (Å²) >= 11 is 0. The zero-order chi connectivity index (χ0) is 24.4. The average Bonchev–Trinajstić information content (AvgIpc) is 3.29. The van der Waals surface area contributed by atoms with Gasteiger partial charge in [-0.3, -0.25) is 14.2 Å². The molecule has 0 saturated carbocycles. The molecule has 0 radical (unpaired) electrons. The zero-order valence-corrected chi connectivity index (χ0v) is 19.8. The molecule has 0 spiro atoms. The molecule has 8 heteroatoms. The number of nitrogens with zero attached hydrogens (tertiary/aromatic N) is 5. The van der Waals surface area contributed by atoms with Crippen LogP contribution in [0.1, 0.15) is 30.9 Å². The molecule has 35 heavy (non-hydrogen) atoms. The molecular weight excluding hydrogens is 442 g/mol. The minimum absolute atomic E-state index is 0.198. The molecule has 1 aliphatic heterocycles. The van der Waals surface area contributed by atoms with Gasteiger partial charge in [0.1, 0.15) is 6.54 Å². The van der Waals surface area contributed by atoms with Crippen LogP contribution in [0.5, 0.6) is 0 Å². The van der Waals surface area contributed by atoms with E-state index in [1.165, 1.54) is 4.57 Å². The maximum absolute atomic E-state index is 13.6. The summed E-state index contributed by atoms with van der Waals surface area (Å²) in [5.74, 6) is 0.379. The highest BCUT2D eigenvalue weighted by atomic mass is 16.2. The van der Waals surface area contributed by atoms with Crippen molar-refractivity contribution in [2.45, 2.75) is 39.4 Å². The van der Waals surface area contributed by atoms with Gasteiger partial charge in [-0.1, -0.05) is 67.6 Å². The number of hydrogen-bond acceptors (Lipinski definition) is 4. The number of imidazole rings is 1. The SMILES string of the molecule is CC1CCN(C(=O)Cn2c(=O)c3c(ncn3Cc3ccccc3)n(Cc3ccccc3)c2=O)CC1. The van der Waals surface area contributed by atoms with Crippen molar-refractivity contribution >= 4 is 17.1 Å². The largest absolute Gasteiger partial charge is 0.341 e. The van der Waals surface area contributed by atoms with Gasteiger partial charge in [0.15, 0.2) is 11.2 Å². The van der Waals surface area contributed by atoms with Crippen molar-refractivity contribution in [1.29, 1.82) is 0 Å².